The molecule has 0 radical (unpaired) electrons. The third-order valence-electron chi connectivity index (χ3n) is 3.54. The number of carbonyl (C=O) groups excluding carboxylic acids is 4. The maximum absolute atomic E-state index is 11.7. The molecule has 0 spiro atoms. The Hall–Kier alpha value is -1.85. The molecule has 0 bridgehead atoms. The van der Waals surface area contributed by atoms with E-state index < -0.39 is 23.7 Å². The molecule has 1 rings (SSSR count). The van der Waals surface area contributed by atoms with E-state index in [0.29, 0.717) is 12.6 Å². The lowest BCUT2D eigenvalue weighted by Gasteiger charge is -2.31. The first-order valence-corrected chi connectivity index (χ1v) is 6.15. The molecule has 19 heavy (non-hydrogen) atoms. The predicted octanol–water partition coefficient (Wildman–Crippen LogP) is 0.420. The maximum atomic E-state index is 11.7. The zero-order valence-electron chi connectivity index (χ0n) is 10.4. The maximum Gasteiger partial charge on any atom is 0.306 e. The van der Waals surface area contributed by atoms with Crippen molar-refractivity contribution in [2.45, 2.75) is 32.1 Å². The normalized spacial score (nSPS) is 26.4. The fourth-order valence-corrected chi connectivity index (χ4v) is 2.54. The highest BCUT2D eigenvalue weighted by Crippen LogP contribution is 2.35. The molecule has 1 fully saturated rings. The van der Waals surface area contributed by atoms with Crippen LogP contribution in [0, 0.1) is 17.8 Å². The van der Waals surface area contributed by atoms with E-state index in [-0.39, 0.29) is 43.7 Å². The summed E-state index contributed by atoms with van der Waals surface area (Å²) in [6.45, 7) is 0. The Bertz CT molecular complexity index is 370. The van der Waals surface area contributed by atoms with E-state index >= 15 is 0 Å². The average Bonchev–Trinajstić information content (AvgIpc) is 2.38. The Balaban J connectivity index is 2.81. The summed E-state index contributed by atoms with van der Waals surface area (Å²) in [5.74, 6) is -3.64. The molecule has 0 aromatic rings. The standard InChI is InChI=1S/C13H16O6/c14-3-1-11(16)8-5-9(12(17)2-4-15)7-10(6-8)13(18)19/h3-4,8-10H,1-2,5-7H2,(H,18,19). The molecule has 0 heterocycles. The van der Waals surface area contributed by atoms with Crippen LogP contribution in [0.1, 0.15) is 32.1 Å². The minimum Gasteiger partial charge on any atom is -0.481 e. The van der Waals surface area contributed by atoms with Crippen molar-refractivity contribution in [3.63, 3.8) is 0 Å². The first kappa shape index (κ1) is 15.2. The smallest absolute Gasteiger partial charge is 0.306 e. The van der Waals surface area contributed by atoms with E-state index in [1.165, 1.54) is 0 Å². The van der Waals surface area contributed by atoms with Crippen molar-refractivity contribution in [3.05, 3.63) is 0 Å². The zero-order valence-corrected chi connectivity index (χ0v) is 10.4. The van der Waals surface area contributed by atoms with Crippen LogP contribution < -0.4 is 0 Å². The molecule has 1 saturated carbocycles. The molecule has 0 aliphatic heterocycles. The fraction of sp³-hybridized carbons (Fsp3) is 0.615. The van der Waals surface area contributed by atoms with E-state index in [1.807, 2.05) is 0 Å². The predicted molar refractivity (Wildman–Crippen MR) is 63.3 cm³/mol. The van der Waals surface area contributed by atoms with Gasteiger partial charge in [0.05, 0.1) is 18.8 Å². The Morgan fingerprint density at radius 1 is 0.842 bits per heavy atom. The summed E-state index contributed by atoms with van der Waals surface area (Å²) in [4.78, 5) is 55.1. The number of rotatable bonds is 7. The van der Waals surface area contributed by atoms with Gasteiger partial charge in [0.15, 0.2) is 0 Å². The third kappa shape index (κ3) is 4.08. The number of carboxylic acids is 1. The van der Waals surface area contributed by atoms with Crippen molar-refractivity contribution in [2.75, 3.05) is 0 Å². The molecule has 104 valence electrons. The van der Waals surface area contributed by atoms with Crippen LogP contribution in [0.5, 0.6) is 0 Å². The summed E-state index contributed by atoms with van der Waals surface area (Å²) in [7, 11) is 0. The minimum absolute atomic E-state index is 0.160. The van der Waals surface area contributed by atoms with Crippen LogP contribution in [0.25, 0.3) is 0 Å². The van der Waals surface area contributed by atoms with Crippen molar-refractivity contribution in [1.82, 2.24) is 0 Å². The molecule has 2 unspecified atom stereocenters. The number of hydrogen-bond acceptors (Lipinski definition) is 5. The summed E-state index contributed by atoms with van der Waals surface area (Å²) in [5, 5.41) is 9.04. The third-order valence-corrected chi connectivity index (χ3v) is 3.54. The van der Waals surface area contributed by atoms with Gasteiger partial charge in [0.1, 0.15) is 24.1 Å². The van der Waals surface area contributed by atoms with Gasteiger partial charge in [-0.05, 0) is 19.3 Å². The largest absolute Gasteiger partial charge is 0.481 e. The number of carbonyl (C=O) groups is 5. The van der Waals surface area contributed by atoms with Crippen LogP contribution in [-0.4, -0.2) is 35.2 Å². The Labute approximate surface area is 110 Å². The van der Waals surface area contributed by atoms with Gasteiger partial charge < -0.3 is 14.7 Å². The van der Waals surface area contributed by atoms with Crippen LogP contribution in [0.15, 0.2) is 0 Å². The zero-order chi connectivity index (χ0) is 14.4. The summed E-state index contributed by atoms with van der Waals surface area (Å²) in [6.07, 6.45) is 1.00. The van der Waals surface area contributed by atoms with Crippen LogP contribution in [0.3, 0.4) is 0 Å². The SMILES string of the molecule is O=CCC(=O)C1CC(C(=O)O)CC(C(=O)CC=O)C1. The molecule has 6 nitrogen and oxygen atoms in total. The van der Waals surface area contributed by atoms with Gasteiger partial charge in [-0.1, -0.05) is 0 Å². The number of carboxylic acid groups (broad SMARTS) is 1. The topological polar surface area (TPSA) is 106 Å². The second kappa shape index (κ2) is 6.92. The molecular weight excluding hydrogens is 252 g/mol. The Kier molecular flexibility index (Phi) is 5.54. The first-order valence-electron chi connectivity index (χ1n) is 6.15. The molecule has 0 aromatic carbocycles. The molecule has 0 aromatic heterocycles. The average molecular weight is 268 g/mol. The second-order valence-electron chi connectivity index (χ2n) is 4.81. The van der Waals surface area contributed by atoms with Crippen molar-refractivity contribution >= 4 is 30.1 Å². The molecular formula is C13H16O6. The number of aliphatic carboxylic acids is 1. The first-order chi connectivity index (χ1) is 8.99. The molecule has 0 amide bonds. The fourth-order valence-electron chi connectivity index (χ4n) is 2.54. The lowest BCUT2D eigenvalue weighted by atomic mass is 9.71. The Morgan fingerprint density at radius 3 is 1.53 bits per heavy atom. The van der Waals surface area contributed by atoms with Gasteiger partial charge in [0.25, 0.3) is 0 Å². The molecule has 1 aliphatic carbocycles. The molecule has 1 N–H and O–H groups in total. The van der Waals surface area contributed by atoms with Crippen LogP contribution in [0.2, 0.25) is 0 Å². The number of ketones is 2. The van der Waals surface area contributed by atoms with Crippen molar-refractivity contribution in [3.8, 4) is 0 Å². The minimum atomic E-state index is -1.05. The van der Waals surface area contributed by atoms with Crippen molar-refractivity contribution < 1.29 is 29.1 Å². The van der Waals surface area contributed by atoms with Crippen LogP contribution >= 0.6 is 0 Å². The van der Waals surface area contributed by atoms with Gasteiger partial charge in [0, 0.05) is 11.8 Å². The van der Waals surface area contributed by atoms with Gasteiger partial charge in [0.2, 0.25) is 0 Å². The van der Waals surface area contributed by atoms with Gasteiger partial charge in [-0.25, -0.2) is 0 Å². The van der Waals surface area contributed by atoms with E-state index in [9.17, 15) is 24.0 Å². The number of Topliss-reactive ketones (excluding diaryl/α,β-unsaturated/α-hetero) is 2. The number of hydrogen-bond donors (Lipinski definition) is 1. The van der Waals surface area contributed by atoms with E-state index in [0.717, 1.165) is 0 Å². The van der Waals surface area contributed by atoms with Crippen molar-refractivity contribution in [1.29, 1.82) is 0 Å². The monoisotopic (exact) mass is 268 g/mol. The summed E-state index contributed by atoms with van der Waals surface area (Å²) in [5.41, 5.74) is 0. The van der Waals surface area contributed by atoms with Gasteiger partial charge in [-0.2, -0.15) is 0 Å². The van der Waals surface area contributed by atoms with Crippen molar-refractivity contribution in [2.24, 2.45) is 17.8 Å². The molecule has 0 saturated heterocycles. The lowest BCUT2D eigenvalue weighted by molar-refractivity contribution is -0.145. The van der Waals surface area contributed by atoms with Gasteiger partial charge in [-0.3, -0.25) is 14.4 Å². The summed E-state index contributed by atoms with van der Waals surface area (Å²) in [6, 6.07) is 0. The van der Waals surface area contributed by atoms with Gasteiger partial charge >= 0.3 is 5.97 Å². The summed E-state index contributed by atoms with van der Waals surface area (Å²) < 4.78 is 0. The van der Waals surface area contributed by atoms with E-state index in [4.69, 9.17) is 5.11 Å². The second-order valence-corrected chi connectivity index (χ2v) is 4.81. The highest BCUT2D eigenvalue weighted by atomic mass is 16.4. The number of aldehydes is 2. The van der Waals surface area contributed by atoms with E-state index in [1.54, 1.807) is 0 Å². The Morgan fingerprint density at radius 2 is 1.21 bits per heavy atom. The molecule has 2 atom stereocenters. The van der Waals surface area contributed by atoms with Crippen LogP contribution in [0.4, 0.5) is 0 Å². The van der Waals surface area contributed by atoms with Gasteiger partial charge in [-0.15, -0.1) is 0 Å². The molecule has 6 heteroatoms. The highest BCUT2D eigenvalue weighted by molar-refractivity contribution is 5.94. The molecule has 1 aliphatic rings. The highest BCUT2D eigenvalue weighted by Gasteiger charge is 2.38. The quantitative estimate of drug-likeness (QED) is 0.530. The lowest BCUT2D eigenvalue weighted by Crippen LogP contribution is -2.35. The summed E-state index contributed by atoms with van der Waals surface area (Å²) >= 11 is 0. The van der Waals surface area contributed by atoms with Crippen LogP contribution in [-0.2, 0) is 24.0 Å². The van der Waals surface area contributed by atoms with E-state index in [2.05, 4.69) is 0 Å².